The van der Waals surface area contributed by atoms with E-state index in [9.17, 15) is 13.6 Å². The number of amides is 1. The largest absolute Gasteiger partial charge is 0.356 e. The molecule has 1 heterocycles. The molecule has 0 radical (unpaired) electrons. The molecule has 1 atom stereocenters. The smallest absolute Gasteiger partial charge is 0.220 e. The minimum Gasteiger partial charge on any atom is -0.356 e. The molecule has 1 fully saturated rings. The monoisotopic (exact) mass is 318 g/mol. The molecule has 1 aromatic rings. The lowest BCUT2D eigenvalue weighted by Gasteiger charge is -2.09. The Hall–Kier alpha value is -1.20. The van der Waals surface area contributed by atoms with E-state index in [4.69, 9.17) is 0 Å². The molecular formula is C15H21ClF2N2O. The average Bonchev–Trinajstić information content (AvgIpc) is 2.88. The molecule has 1 saturated heterocycles. The number of benzene rings is 1. The van der Waals surface area contributed by atoms with Crippen molar-refractivity contribution < 1.29 is 13.6 Å². The zero-order chi connectivity index (χ0) is 14.4. The summed E-state index contributed by atoms with van der Waals surface area (Å²) in [7, 11) is 0. The third kappa shape index (κ3) is 6.40. The van der Waals surface area contributed by atoms with Crippen LogP contribution >= 0.6 is 12.4 Å². The van der Waals surface area contributed by atoms with Crippen LogP contribution in [0.4, 0.5) is 8.78 Å². The molecule has 118 valence electrons. The Balaban J connectivity index is 0.00000220. The van der Waals surface area contributed by atoms with Gasteiger partial charge in [0.2, 0.25) is 5.91 Å². The fourth-order valence-corrected chi connectivity index (χ4v) is 2.49. The maximum absolute atomic E-state index is 13.0. The highest BCUT2D eigenvalue weighted by molar-refractivity contribution is 5.85. The van der Waals surface area contributed by atoms with Gasteiger partial charge in [0.05, 0.1) is 0 Å². The summed E-state index contributed by atoms with van der Waals surface area (Å²) in [5.74, 6) is -0.563. The Labute approximate surface area is 129 Å². The first kappa shape index (κ1) is 17.9. The van der Waals surface area contributed by atoms with Gasteiger partial charge >= 0.3 is 0 Å². The predicted molar refractivity (Wildman–Crippen MR) is 80.5 cm³/mol. The van der Waals surface area contributed by atoms with E-state index in [2.05, 4.69) is 10.6 Å². The van der Waals surface area contributed by atoms with Gasteiger partial charge < -0.3 is 10.6 Å². The van der Waals surface area contributed by atoms with Crippen LogP contribution in [0.25, 0.3) is 0 Å². The van der Waals surface area contributed by atoms with Crippen molar-refractivity contribution in [3.8, 4) is 0 Å². The highest BCUT2D eigenvalue weighted by Gasteiger charge is 2.15. The van der Waals surface area contributed by atoms with Crippen LogP contribution in [0.1, 0.15) is 24.8 Å². The van der Waals surface area contributed by atoms with E-state index in [1.165, 1.54) is 12.1 Å². The number of carbonyl (C=O) groups excluding carboxylic acids is 1. The summed E-state index contributed by atoms with van der Waals surface area (Å²) >= 11 is 0. The molecule has 1 aliphatic rings. The molecule has 2 rings (SSSR count). The predicted octanol–water partition coefficient (Wildman–Crippen LogP) is 2.44. The first-order chi connectivity index (χ1) is 9.63. The molecule has 1 aromatic carbocycles. The lowest BCUT2D eigenvalue weighted by atomic mass is 10.0. The normalized spacial score (nSPS) is 17.3. The van der Waals surface area contributed by atoms with Crippen LogP contribution in [0.2, 0.25) is 0 Å². The van der Waals surface area contributed by atoms with Gasteiger partial charge in [0.1, 0.15) is 11.6 Å². The fourth-order valence-electron chi connectivity index (χ4n) is 2.49. The summed E-state index contributed by atoms with van der Waals surface area (Å²) in [6.07, 6.45) is 2.98. The second-order valence-electron chi connectivity index (χ2n) is 5.28. The minimum absolute atomic E-state index is 0. The molecule has 0 bridgehead atoms. The first-order valence-corrected chi connectivity index (χ1v) is 7.06. The van der Waals surface area contributed by atoms with E-state index in [1.807, 2.05) is 0 Å². The molecule has 0 aromatic heterocycles. The van der Waals surface area contributed by atoms with E-state index in [1.54, 1.807) is 0 Å². The first-order valence-electron chi connectivity index (χ1n) is 7.06. The Bertz CT molecular complexity index is 445. The summed E-state index contributed by atoms with van der Waals surface area (Å²) in [6, 6.07) is 3.43. The number of hydrogen-bond donors (Lipinski definition) is 2. The lowest BCUT2D eigenvalue weighted by molar-refractivity contribution is -0.121. The lowest BCUT2D eigenvalue weighted by Crippen LogP contribution is -2.26. The van der Waals surface area contributed by atoms with E-state index in [-0.39, 0.29) is 18.3 Å². The topological polar surface area (TPSA) is 41.1 Å². The Morgan fingerprint density at radius 1 is 1.29 bits per heavy atom. The van der Waals surface area contributed by atoms with Gasteiger partial charge in [-0.2, -0.15) is 0 Å². The van der Waals surface area contributed by atoms with Gasteiger partial charge in [-0.05, 0) is 56.0 Å². The van der Waals surface area contributed by atoms with E-state index < -0.39 is 11.6 Å². The van der Waals surface area contributed by atoms with Gasteiger partial charge in [-0.3, -0.25) is 4.79 Å². The quantitative estimate of drug-likeness (QED) is 0.846. The van der Waals surface area contributed by atoms with Crippen LogP contribution in [0.15, 0.2) is 18.2 Å². The van der Waals surface area contributed by atoms with Crippen LogP contribution in [0.3, 0.4) is 0 Å². The maximum Gasteiger partial charge on any atom is 0.220 e. The zero-order valence-electron chi connectivity index (χ0n) is 11.8. The molecule has 1 aliphatic heterocycles. The molecule has 0 aliphatic carbocycles. The molecule has 1 amide bonds. The Morgan fingerprint density at radius 2 is 2.00 bits per heavy atom. The number of halogens is 3. The van der Waals surface area contributed by atoms with Gasteiger partial charge in [0.25, 0.3) is 0 Å². The standard InChI is InChI=1S/C15H20F2N2O.ClH/c16-13-7-12(8-14(17)9-13)4-6-19-15(20)2-1-11-3-5-18-10-11;/h7-9,11,18H,1-6,10H2,(H,19,20);1H. The number of hydrogen-bond acceptors (Lipinski definition) is 2. The van der Waals surface area contributed by atoms with Crippen LogP contribution in [0.5, 0.6) is 0 Å². The molecule has 21 heavy (non-hydrogen) atoms. The summed E-state index contributed by atoms with van der Waals surface area (Å²) in [4.78, 5) is 11.6. The molecule has 2 N–H and O–H groups in total. The second-order valence-corrected chi connectivity index (χ2v) is 5.28. The van der Waals surface area contributed by atoms with Crippen molar-refractivity contribution in [1.29, 1.82) is 0 Å². The van der Waals surface area contributed by atoms with Gasteiger partial charge in [-0.15, -0.1) is 12.4 Å². The third-order valence-corrected chi connectivity index (χ3v) is 3.60. The van der Waals surface area contributed by atoms with E-state index in [0.717, 1.165) is 32.0 Å². The highest BCUT2D eigenvalue weighted by Crippen LogP contribution is 2.14. The summed E-state index contributed by atoms with van der Waals surface area (Å²) < 4.78 is 25.9. The molecule has 6 heteroatoms. The van der Waals surface area contributed by atoms with Crippen LogP contribution in [-0.4, -0.2) is 25.5 Å². The Morgan fingerprint density at radius 3 is 2.62 bits per heavy atom. The van der Waals surface area contributed by atoms with Crippen molar-refractivity contribution >= 4 is 18.3 Å². The van der Waals surface area contributed by atoms with Crippen molar-refractivity contribution in [3.63, 3.8) is 0 Å². The van der Waals surface area contributed by atoms with Crippen LogP contribution in [0, 0.1) is 17.6 Å². The van der Waals surface area contributed by atoms with Gasteiger partial charge in [-0.25, -0.2) is 8.78 Å². The van der Waals surface area contributed by atoms with Crippen LogP contribution in [-0.2, 0) is 11.2 Å². The van der Waals surface area contributed by atoms with E-state index in [0.29, 0.717) is 30.9 Å². The number of rotatable bonds is 6. The summed E-state index contributed by atoms with van der Waals surface area (Å²) in [5, 5.41) is 6.06. The van der Waals surface area contributed by atoms with Crippen LogP contribution < -0.4 is 10.6 Å². The molecular weight excluding hydrogens is 298 g/mol. The molecule has 0 saturated carbocycles. The van der Waals surface area contributed by atoms with Gasteiger partial charge in [0, 0.05) is 19.0 Å². The fraction of sp³-hybridized carbons (Fsp3) is 0.533. The maximum atomic E-state index is 13.0. The third-order valence-electron chi connectivity index (χ3n) is 3.60. The van der Waals surface area contributed by atoms with Crippen molar-refractivity contribution in [3.05, 3.63) is 35.4 Å². The highest BCUT2D eigenvalue weighted by atomic mass is 35.5. The second kappa shape index (κ2) is 8.95. The average molecular weight is 319 g/mol. The molecule has 1 unspecified atom stereocenters. The summed E-state index contributed by atoms with van der Waals surface area (Å²) in [6.45, 7) is 2.44. The molecule has 3 nitrogen and oxygen atoms in total. The summed E-state index contributed by atoms with van der Waals surface area (Å²) in [5.41, 5.74) is 0.558. The van der Waals surface area contributed by atoms with Crippen molar-refractivity contribution in [2.45, 2.75) is 25.7 Å². The minimum atomic E-state index is -0.583. The van der Waals surface area contributed by atoms with Crippen molar-refractivity contribution in [1.82, 2.24) is 10.6 Å². The van der Waals surface area contributed by atoms with Crippen molar-refractivity contribution in [2.24, 2.45) is 5.92 Å². The SMILES string of the molecule is Cl.O=C(CCC1CCNC1)NCCc1cc(F)cc(F)c1. The van der Waals surface area contributed by atoms with Gasteiger partial charge in [-0.1, -0.05) is 0 Å². The molecule has 0 spiro atoms. The van der Waals surface area contributed by atoms with Crippen molar-refractivity contribution in [2.75, 3.05) is 19.6 Å². The zero-order valence-corrected chi connectivity index (χ0v) is 12.6. The van der Waals surface area contributed by atoms with Gasteiger partial charge in [0.15, 0.2) is 0 Å². The van der Waals surface area contributed by atoms with E-state index >= 15 is 0 Å². The Kier molecular flexibility index (Phi) is 7.61. The number of carbonyl (C=O) groups is 1. The number of nitrogens with one attached hydrogen (secondary N) is 2.